The molecule has 1 aliphatic carbocycles. The normalized spacial score (nSPS) is 18.3. The fraction of sp³-hybridized carbons (Fsp3) is 0.364. The van der Waals surface area contributed by atoms with Crippen molar-refractivity contribution in [2.45, 2.75) is 25.3 Å². The van der Waals surface area contributed by atoms with Crippen molar-refractivity contribution >= 4 is 22.4 Å². The topological polar surface area (TPSA) is 96.7 Å². The Bertz CT molecular complexity index is 576. The van der Waals surface area contributed by atoms with E-state index in [4.69, 9.17) is 5.73 Å². The molecule has 4 N–H and O–H groups in total. The molecule has 94 valence electrons. The van der Waals surface area contributed by atoms with Crippen LogP contribution in [0.4, 0.5) is 5.13 Å². The molecule has 2 heterocycles. The number of fused-ring (bicyclic) bond motifs is 1. The number of nitrogen functional groups attached to an aromatic ring is 1. The van der Waals surface area contributed by atoms with Gasteiger partial charge >= 0.3 is 0 Å². The minimum Gasteiger partial charge on any atom is -0.375 e. The minimum absolute atomic E-state index is 0.133. The highest BCUT2D eigenvalue weighted by molar-refractivity contribution is 7.13. The van der Waals surface area contributed by atoms with E-state index in [0.717, 1.165) is 25.0 Å². The first-order valence-corrected chi connectivity index (χ1v) is 6.63. The van der Waals surface area contributed by atoms with Crippen molar-refractivity contribution in [1.82, 2.24) is 20.5 Å². The van der Waals surface area contributed by atoms with Gasteiger partial charge < -0.3 is 11.1 Å². The molecule has 0 fully saturated rings. The van der Waals surface area contributed by atoms with Gasteiger partial charge in [0, 0.05) is 23.5 Å². The predicted molar refractivity (Wildman–Crippen MR) is 68.4 cm³/mol. The Balaban J connectivity index is 1.66. The molecule has 2 aromatic rings. The van der Waals surface area contributed by atoms with Crippen LogP contribution in [0.15, 0.2) is 11.6 Å². The molecule has 7 heteroatoms. The van der Waals surface area contributed by atoms with Crippen molar-refractivity contribution < 1.29 is 4.79 Å². The Labute approximate surface area is 108 Å². The van der Waals surface area contributed by atoms with Gasteiger partial charge in [0.1, 0.15) is 5.69 Å². The Morgan fingerprint density at radius 2 is 2.50 bits per heavy atom. The van der Waals surface area contributed by atoms with E-state index in [9.17, 15) is 4.79 Å². The number of H-pyrrole nitrogens is 1. The molecule has 3 rings (SSSR count). The molecule has 1 amide bonds. The maximum atomic E-state index is 11.9. The average molecular weight is 263 g/mol. The summed E-state index contributed by atoms with van der Waals surface area (Å²) in [5.74, 6) is -0.157. The minimum atomic E-state index is -0.157. The quantitative estimate of drug-likeness (QED) is 0.744. The number of nitrogens with zero attached hydrogens (tertiary/aromatic N) is 2. The van der Waals surface area contributed by atoms with Gasteiger partial charge in [0.2, 0.25) is 0 Å². The van der Waals surface area contributed by atoms with E-state index in [1.165, 1.54) is 16.9 Å². The third-order valence-corrected chi connectivity index (χ3v) is 3.78. The van der Waals surface area contributed by atoms with Crippen LogP contribution in [0.25, 0.3) is 0 Å². The Hall–Kier alpha value is -1.89. The van der Waals surface area contributed by atoms with Crippen LogP contribution in [0.2, 0.25) is 0 Å². The smallest absolute Gasteiger partial charge is 0.271 e. The molecule has 0 spiro atoms. The van der Waals surface area contributed by atoms with Gasteiger partial charge in [0.05, 0.1) is 6.20 Å². The number of aromatic nitrogens is 3. The van der Waals surface area contributed by atoms with Crippen LogP contribution in [0.3, 0.4) is 0 Å². The number of hydrogen-bond donors (Lipinski definition) is 3. The Morgan fingerprint density at radius 1 is 1.61 bits per heavy atom. The summed E-state index contributed by atoms with van der Waals surface area (Å²) in [6.07, 6.45) is 4.52. The molecule has 0 bridgehead atoms. The molecule has 0 unspecified atom stereocenters. The highest BCUT2D eigenvalue weighted by atomic mass is 32.1. The summed E-state index contributed by atoms with van der Waals surface area (Å²) < 4.78 is 0. The van der Waals surface area contributed by atoms with Gasteiger partial charge in [-0.25, -0.2) is 4.98 Å². The van der Waals surface area contributed by atoms with Crippen molar-refractivity contribution in [3.8, 4) is 0 Å². The summed E-state index contributed by atoms with van der Waals surface area (Å²) in [5.41, 5.74) is 8.27. The maximum absolute atomic E-state index is 11.9. The van der Waals surface area contributed by atoms with E-state index in [1.807, 2.05) is 6.20 Å². The number of nitrogens with one attached hydrogen (secondary N) is 2. The fourth-order valence-corrected chi connectivity index (χ4v) is 2.73. The molecule has 1 atom stereocenters. The van der Waals surface area contributed by atoms with Crippen LogP contribution in [0.1, 0.15) is 28.2 Å². The van der Waals surface area contributed by atoms with E-state index < -0.39 is 0 Å². The number of thiazole rings is 1. The molecule has 1 aliphatic rings. The van der Waals surface area contributed by atoms with Crippen LogP contribution in [-0.4, -0.2) is 27.1 Å². The van der Waals surface area contributed by atoms with Crippen LogP contribution in [0, 0.1) is 0 Å². The fourth-order valence-electron chi connectivity index (χ4n) is 2.18. The third-order valence-electron chi connectivity index (χ3n) is 3.11. The van der Waals surface area contributed by atoms with Crippen LogP contribution >= 0.6 is 11.3 Å². The Kier molecular flexibility index (Phi) is 2.75. The summed E-state index contributed by atoms with van der Waals surface area (Å²) in [6.45, 7) is 0. The molecule has 0 aliphatic heterocycles. The first-order chi connectivity index (χ1) is 8.72. The lowest BCUT2D eigenvalue weighted by atomic mass is 9.94. The highest BCUT2D eigenvalue weighted by Gasteiger charge is 2.22. The summed E-state index contributed by atoms with van der Waals surface area (Å²) in [5, 5.41) is 12.1. The first kappa shape index (κ1) is 11.2. The third kappa shape index (κ3) is 2.08. The van der Waals surface area contributed by atoms with Gasteiger partial charge in [0.15, 0.2) is 5.13 Å². The SMILES string of the molecule is Nc1nc(C(=O)N[C@H]2CCc3cn[nH]c3C2)cs1. The van der Waals surface area contributed by atoms with E-state index in [-0.39, 0.29) is 11.9 Å². The van der Waals surface area contributed by atoms with Gasteiger partial charge in [-0.2, -0.15) is 5.10 Å². The first-order valence-electron chi connectivity index (χ1n) is 5.75. The molecule has 0 aromatic carbocycles. The molecule has 6 nitrogen and oxygen atoms in total. The van der Waals surface area contributed by atoms with Gasteiger partial charge in [-0.15, -0.1) is 11.3 Å². The molecule has 0 saturated heterocycles. The number of rotatable bonds is 2. The number of aromatic amines is 1. The molecular weight excluding hydrogens is 250 g/mol. The summed E-state index contributed by atoms with van der Waals surface area (Å²) in [4.78, 5) is 15.9. The lowest BCUT2D eigenvalue weighted by Crippen LogP contribution is -2.38. The van der Waals surface area contributed by atoms with E-state index >= 15 is 0 Å². The number of amides is 1. The molecular formula is C11H13N5OS. The zero-order valence-corrected chi connectivity index (χ0v) is 10.5. The van der Waals surface area contributed by atoms with Crippen molar-refractivity contribution in [2.24, 2.45) is 0 Å². The number of hydrogen-bond acceptors (Lipinski definition) is 5. The van der Waals surface area contributed by atoms with Crippen molar-refractivity contribution in [3.05, 3.63) is 28.5 Å². The summed E-state index contributed by atoms with van der Waals surface area (Å²) >= 11 is 1.27. The van der Waals surface area contributed by atoms with E-state index in [2.05, 4.69) is 20.5 Å². The van der Waals surface area contributed by atoms with Crippen molar-refractivity contribution in [3.63, 3.8) is 0 Å². The Morgan fingerprint density at radius 3 is 3.28 bits per heavy atom. The van der Waals surface area contributed by atoms with Crippen molar-refractivity contribution in [1.29, 1.82) is 0 Å². The number of anilines is 1. The van der Waals surface area contributed by atoms with Crippen LogP contribution in [-0.2, 0) is 12.8 Å². The van der Waals surface area contributed by atoms with Crippen LogP contribution in [0.5, 0.6) is 0 Å². The number of aryl methyl sites for hydroxylation is 1. The van der Waals surface area contributed by atoms with Crippen LogP contribution < -0.4 is 11.1 Å². The maximum Gasteiger partial charge on any atom is 0.271 e. The van der Waals surface area contributed by atoms with E-state index in [0.29, 0.717) is 10.8 Å². The monoisotopic (exact) mass is 263 g/mol. The van der Waals surface area contributed by atoms with Gasteiger partial charge in [-0.3, -0.25) is 9.89 Å². The second kappa shape index (κ2) is 4.41. The van der Waals surface area contributed by atoms with E-state index in [1.54, 1.807) is 5.38 Å². The molecule has 18 heavy (non-hydrogen) atoms. The molecule has 0 saturated carbocycles. The zero-order chi connectivity index (χ0) is 12.5. The van der Waals surface area contributed by atoms with Gasteiger partial charge in [-0.05, 0) is 18.4 Å². The number of nitrogens with two attached hydrogens (primary N) is 1. The molecule has 2 aromatic heterocycles. The number of carbonyl (C=O) groups is 1. The lowest BCUT2D eigenvalue weighted by Gasteiger charge is -2.22. The standard InChI is InChI=1S/C11H13N5OS/c12-11-15-9(5-18-11)10(17)14-7-2-1-6-4-13-16-8(6)3-7/h4-5,7H,1-3H2,(H2,12,15)(H,13,16)(H,14,17)/t7-/m0/s1. The van der Waals surface area contributed by atoms with Crippen molar-refractivity contribution in [2.75, 3.05) is 5.73 Å². The highest BCUT2D eigenvalue weighted by Crippen LogP contribution is 2.19. The number of carbonyl (C=O) groups excluding carboxylic acids is 1. The van der Waals surface area contributed by atoms with Gasteiger partial charge in [-0.1, -0.05) is 0 Å². The zero-order valence-electron chi connectivity index (χ0n) is 9.64. The second-order valence-electron chi connectivity index (χ2n) is 4.36. The average Bonchev–Trinajstić information content (AvgIpc) is 2.96. The molecule has 0 radical (unpaired) electrons. The largest absolute Gasteiger partial charge is 0.375 e. The predicted octanol–water partition coefficient (Wildman–Crippen LogP) is 0.736. The summed E-state index contributed by atoms with van der Waals surface area (Å²) in [7, 11) is 0. The van der Waals surface area contributed by atoms with Gasteiger partial charge in [0.25, 0.3) is 5.91 Å². The second-order valence-corrected chi connectivity index (χ2v) is 5.25. The lowest BCUT2D eigenvalue weighted by molar-refractivity contribution is 0.0929. The summed E-state index contributed by atoms with van der Waals surface area (Å²) in [6, 6.07) is 0.133.